The fraction of sp³-hybridized carbons (Fsp3) is 0.231. The van der Waals surface area contributed by atoms with Gasteiger partial charge in [0.2, 0.25) is 0 Å². The number of nitrogens with one attached hydrogen (secondary N) is 1. The third-order valence-corrected chi connectivity index (χ3v) is 2.89. The number of anilines is 1. The highest BCUT2D eigenvalue weighted by Gasteiger charge is 2.06. The van der Waals surface area contributed by atoms with Crippen LogP contribution in [0.25, 0.3) is 0 Å². The minimum Gasteiger partial charge on any atom is -0.389 e. The summed E-state index contributed by atoms with van der Waals surface area (Å²) in [5, 5.41) is 7.37. The third-order valence-electron chi connectivity index (χ3n) is 2.67. The van der Waals surface area contributed by atoms with Crippen LogP contribution < -0.4 is 11.1 Å². The van der Waals surface area contributed by atoms with E-state index in [9.17, 15) is 4.39 Å². The number of hydrogen-bond donors (Lipinski definition) is 2. The molecule has 0 spiro atoms. The van der Waals surface area contributed by atoms with Gasteiger partial charge < -0.3 is 11.1 Å². The first kappa shape index (κ1) is 13.5. The van der Waals surface area contributed by atoms with Crippen LogP contribution >= 0.6 is 12.2 Å². The van der Waals surface area contributed by atoms with Crippen molar-refractivity contribution >= 4 is 22.9 Å². The Morgan fingerprint density at radius 2 is 2.32 bits per heavy atom. The molecule has 0 radical (unpaired) electrons. The van der Waals surface area contributed by atoms with Gasteiger partial charge >= 0.3 is 0 Å². The molecule has 6 heteroatoms. The molecule has 2 rings (SSSR count). The maximum absolute atomic E-state index is 13.1. The Bertz CT molecular complexity index is 594. The van der Waals surface area contributed by atoms with Crippen molar-refractivity contribution in [1.29, 1.82) is 0 Å². The van der Waals surface area contributed by atoms with Crippen molar-refractivity contribution in [2.24, 2.45) is 5.73 Å². The molecular weight excluding hydrogens is 263 g/mol. The number of halogens is 1. The predicted molar refractivity (Wildman–Crippen MR) is 77.7 cm³/mol. The van der Waals surface area contributed by atoms with E-state index in [1.807, 2.05) is 17.8 Å². The molecule has 0 fully saturated rings. The molecule has 1 aromatic carbocycles. The van der Waals surface area contributed by atoms with E-state index >= 15 is 0 Å². The van der Waals surface area contributed by atoms with Gasteiger partial charge in [-0.15, -0.1) is 0 Å². The average Bonchev–Trinajstić information content (AvgIpc) is 2.77. The Hall–Kier alpha value is -1.95. The Kier molecular flexibility index (Phi) is 4.11. The topological polar surface area (TPSA) is 55.9 Å². The van der Waals surface area contributed by atoms with Gasteiger partial charge in [0.1, 0.15) is 10.8 Å². The smallest absolute Gasteiger partial charge is 0.124 e. The zero-order valence-electron chi connectivity index (χ0n) is 10.6. The minimum absolute atomic E-state index is 0.178. The molecule has 1 aromatic heterocycles. The normalized spacial score (nSPS) is 10.4. The third kappa shape index (κ3) is 3.51. The predicted octanol–water partition coefficient (Wildman–Crippen LogP) is 2.08. The van der Waals surface area contributed by atoms with Crippen molar-refractivity contribution in [3.8, 4) is 0 Å². The molecule has 4 nitrogen and oxygen atoms in total. The van der Waals surface area contributed by atoms with Crippen molar-refractivity contribution in [2.75, 3.05) is 11.9 Å². The summed E-state index contributed by atoms with van der Waals surface area (Å²) in [6.45, 7) is 3.35. The van der Waals surface area contributed by atoms with Gasteiger partial charge in [-0.1, -0.05) is 12.2 Å². The SMILES string of the molecule is Cc1cnn(CCNc2ccc(F)cc2C(N)=S)c1. The fourth-order valence-corrected chi connectivity index (χ4v) is 1.94. The van der Waals surface area contributed by atoms with E-state index < -0.39 is 0 Å². The molecule has 1 heterocycles. The summed E-state index contributed by atoms with van der Waals surface area (Å²) in [6, 6.07) is 4.35. The highest BCUT2D eigenvalue weighted by Crippen LogP contribution is 2.16. The lowest BCUT2D eigenvalue weighted by Crippen LogP contribution is -2.16. The number of thiocarbonyl (C=S) groups is 1. The number of benzene rings is 1. The molecule has 0 unspecified atom stereocenters. The molecule has 0 atom stereocenters. The van der Waals surface area contributed by atoms with Crippen LogP contribution in [-0.2, 0) is 6.54 Å². The summed E-state index contributed by atoms with van der Waals surface area (Å²) in [7, 11) is 0. The number of rotatable bonds is 5. The molecule has 0 saturated carbocycles. The van der Waals surface area contributed by atoms with Crippen LogP contribution in [0.15, 0.2) is 30.6 Å². The largest absolute Gasteiger partial charge is 0.389 e. The number of aromatic nitrogens is 2. The van der Waals surface area contributed by atoms with Crippen LogP contribution in [0.2, 0.25) is 0 Å². The van der Waals surface area contributed by atoms with Gasteiger partial charge in [0.05, 0.1) is 12.7 Å². The van der Waals surface area contributed by atoms with Gasteiger partial charge in [-0.05, 0) is 30.7 Å². The summed E-state index contributed by atoms with van der Waals surface area (Å²) < 4.78 is 15.0. The molecule has 0 aliphatic rings. The van der Waals surface area contributed by atoms with Gasteiger partial charge in [0.25, 0.3) is 0 Å². The number of nitrogens with zero attached hydrogens (tertiary/aromatic N) is 2. The maximum Gasteiger partial charge on any atom is 0.124 e. The molecule has 0 bridgehead atoms. The molecule has 0 saturated heterocycles. The van der Waals surface area contributed by atoms with Crippen molar-refractivity contribution in [3.63, 3.8) is 0 Å². The maximum atomic E-state index is 13.1. The molecule has 0 aliphatic heterocycles. The standard InChI is InChI=1S/C13H15FN4S/c1-9-7-17-18(8-9)5-4-16-12-3-2-10(14)6-11(12)13(15)19/h2-3,6-8,16H,4-5H2,1H3,(H2,15,19). The van der Waals surface area contributed by atoms with Crippen LogP contribution in [0.3, 0.4) is 0 Å². The second-order valence-corrected chi connectivity index (χ2v) is 4.70. The van der Waals surface area contributed by atoms with E-state index in [4.69, 9.17) is 18.0 Å². The Morgan fingerprint density at radius 3 is 2.95 bits per heavy atom. The Labute approximate surface area is 116 Å². The van der Waals surface area contributed by atoms with E-state index in [-0.39, 0.29) is 10.8 Å². The van der Waals surface area contributed by atoms with E-state index in [0.29, 0.717) is 18.7 Å². The summed E-state index contributed by atoms with van der Waals surface area (Å²) >= 11 is 4.91. The first-order valence-corrected chi connectivity index (χ1v) is 6.29. The minimum atomic E-state index is -0.351. The molecule has 0 aliphatic carbocycles. The number of aryl methyl sites for hydroxylation is 1. The highest BCUT2D eigenvalue weighted by molar-refractivity contribution is 7.80. The molecule has 3 N–H and O–H groups in total. The summed E-state index contributed by atoms with van der Waals surface area (Å²) in [6.07, 6.45) is 3.76. The molecule has 2 aromatic rings. The number of nitrogens with two attached hydrogens (primary N) is 1. The zero-order valence-corrected chi connectivity index (χ0v) is 11.4. The van der Waals surface area contributed by atoms with Crippen molar-refractivity contribution in [2.45, 2.75) is 13.5 Å². The summed E-state index contributed by atoms with van der Waals surface area (Å²) in [5.41, 5.74) is 7.95. The zero-order chi connectivity index (χ0) is 13.8. The Morgan fingerprint density at radius 1 is 1.53 bits per heavy atom. The van der Waals surface area contributed by atoms with Crippen LogP contribution in [0, 0.1) is 12.7 Å². The lowest BCUT2D eigenvalue weighted by molar-refractivity contribution is 0.626. The van der Waals surface area contributed by atoms with Crippen LogP contribution in [-0.4, -0.2) is 21.3 Å². The van der Waals surface area contributed by atoms with E-state index in [1.54, 1.807) is 12.3 Å². The quantitative estimate of drug-likeness (QED) is 0.822. The van der Waals surface area contributed by atoms with Crippen molar-refractivity contribution < 1.29 is 4.39 Å². The van der Waals surface area contributed by atoms with Crippen LogP contribution in [0.5, 0.6) is 0 Å². The molecule has 19 heavy (non-hydrogen) atoms. The molecular formula is C13H15FN4S. The summed E-state index contributed by atoms with van der Waals surface area (Å²) in [4.78, 5) is 0.178. The lowest BCUT2D eigenvalue weighted by atomic mass is 10.1. The first-order chi connectivity index (χ1) is 9.06. The van der Waals surface area contributed by atoms with Crippen molar-refractivity contribution in [3.05, 3.63) is 47.5 Å². The average molecular weight is 278 g/mol. The van der Waals surface area contributed by atoms with Gasteiger partial charge in [0.15, 0.2) is 0 Å². The second-order valence-electron chi connectivity index (χ2n) is 4.26. The van der Waals surface area contributed by atoms with E-state index in [2.05, 4.69) is 10.4 Å². The van der Waals surface area contributed by atoms with E-state index in [0.717, 1.165) is 11.3 Å². The monoisotopic (exact) mass is 278 g/mol. The molecule has 100 valence electrons. The van der Waals surface area contributed by atoms with Gasteiger partial charge in [-0.25, -0.2) is 4.39 Å². The first-order valence-electron chi connectivity index (χ1n) is 5.88. The highest BCUT2D eigenvalue weighted by atomic mass is 32.1. The Balaban J connectivity index is 2.01. The van der Waals surface area contributed by atoms with Crippen molar-refractivity contribution in [1.82, 2.24) is 9.78 Å². The van der Waals surface area contributed by atoms with E-state index in [1.165, 1.54) is 12.1 Å². The second kappa shape index (κ2) is 5.79. The van der Waals surface area contributed by atoms with Gasteiger partial charge in [-0.3, -0.25) is 4.68 Å². The molecule has 0 amide bonds. The lowest BCUT2D eigenvalue weighted by Gasteiger charge is -2.11. The van der Waals surface area contributed by atoms with Gasteiger partial charge in [-0.2, -0.15) is 5.10 Å². The van der Waals surface area contributed by atoms with Gasteiger partial charge in [0, 0.05) is 24.0 Å². The van der Waals surface area contributed by atoms with Crippen LogP contribution in [0.4, 0.5) is 10.1 Å². The van der Waals surface area contributed by atoms with Crippen LogP contribution in [0.1, 0.15) is 11.1 Å². The summed E-state index contributed by atoms with van der Waals surface area (Å²) in [5.74, 6) is -0.351. The fourth-order valence-electron chi connectivity index (χ4n) is 1.77. The number of hydrogen-bond acceptors (Lipinski definition) is 3.